The number of morpholine rings is 1. The Balaban J connectivity index is 1.66. The van der Waals surface area contributed by atoms with Gasteiger partial charge in [0.2, 0.25) is 5.91 Å². The second-order valence-corrected chi connectivity index (χ2v) is 7.07. The molecule has 0 bridgehead atoms. The first-order chi connectivity index (χ1) is 12.5. The van der Waals surface area contributed by atoms with Gasteiger partial charge in [0, 0.05) is 23.1 Å². The van der Waals surface area contributed by atoms with Crippen LogP contribution in [0.3, 0.4) is 0 Å². The SMILES string of the molecule is O=C(CNc1cc(Cl)ccc1N1CCOCC1)Nc1ccc(Cl)cc1Cl. The summed E-state index contributed by atoms with van der Waals surface area (Å²) in [6.07, 6.45) is 0. The van der Waals surface area contributed by atoms with Crippen molar-refractivity contribution in [3.05, 3.63) is 51.5 Å². The van der Waals surface area contributed by atoms with Crippen LogP contribution in [0.4, 0.5) is 17.1 Å². The molecule has 8 heteroatoms. The molecule has 0 unspecified atom stereocenters. The summed E-state index contributed by atoms with van der Waals surface area (Å²) in [5.41, 5.74) is 2.31. The third kappa shape index (κ3) is 4.95. The van der Waals surface area contributed by atoms with Crippen molar-refractivity contribution in [2.45, 2.75) is 0 Å². The van der Waals surface area contributed by atoms with Gasteiger partial charge in [0.25, 0.3) is 0 Å². The summed E-state index contributed by atoms with van der Waals surface area (Å²) in [5.74, 6) is -0.220. The number of halogens is 3. The molecule has 1 heterocycles. The van der Waals surface area contributed by atoms with E-state index in [1.54, 1.807) is 18.2 Å². The fourth-order valence-corrected chi connectivity index (χ4v) is 3.32. The van der Waals surface area contributed by atoms with E-state index in [-0.39, 0.29) is 12.5 Å². The van der Waals surface area contributed by atoms with Crippen molar-refractivity contribution < 1.29 is 9.53 Å². The molecular formula is C18H18Cl3N3O2. The van der Waals surface area contributed by atoms with Crippen molar-refractivity contribution in [3.63, 3.8) is 0 Å². The number of amides is 1. The van der Waals surface area contributed by atoms with Crippen LogP contribution >= 0.6 is 34.8 Å². The zero-order chi connectivity index (χ0) is 18.5. The number of hydrogen-bond acceptors (Lipinski definition) is 4. The Labute approximate surface area is 167 Å². The van der Waals surface area contributed by atoms with E-state index in [1.165, 1.54) is 0 Å². The van der Waals surface area contributed by atoms with Crippen LogP contribution in [-0.2, 0) is 9.53 Å². The van der Waals surface area contributed by atoms with Gasteiger partial charge in [0.05, 0.1) is 41.8 Å². The van der Waals surface area contributed by atoms with Crippen molar-refractivity contribution in [1.29, 1.82) is 0 Å². The molecule has 3 rings (SSSR count). The molecule has 0 radical (unpaired) electrons. The van der Waals surface area contributed by atoms with Crippen LogP contribution in [0.1, 0.15) is 0 Å². The summed E-state index contributed by atoms with van der Waals surface area (Å²) in [5, 5.41) is 7.42. The number of carbonyl (C=O) groups is 1. The van der Waals surface area contributed by atoms with E-state index in [9.17, 15) is 4.79 Å². The van der Waals surface area contributed by atoms with Crippen molar-refractivity contribution in [2.75, 3.05) is 48.4 Å². The minimum absolute atomic E-state index is 0.0800. The van der Waals surface area contributed by atoms with Crippen molar-refractivity contribution in [1.82, 2.24) is 0 Å². The number of nitrogens with zero attached hydrogens (tertiary/aromatic N) is 1. The van der Waals surface area contributed by atoms with Crippen LogP contribution in [0.2, 0.25) is 15.1 Å². The highest BCUT2D eigenvalue weighted by Crippen LogP contribution is 2.30. The number of rotatable bonds is 5. The van der Waals surface area contributed by atoms with E-state index in [1.807, 2.05) is 18.2 Å². The summed E-state index contributed by atoms with van der Waals surface area (Å²) in [6, 6.07) is 10.5. The maximum atomic E-state index is 12.3. The zero-order valence-electron chi connectivity index (χ0n) is 13.9. The largest absolute Gasteiger partial charge is 0.378 e. The summed E-state index contributed by atoms with van der Waals surface area (Å²) in [6.45, 7) is 3.03. The lowest BCUT2D eigenvalue weighted by Crippen LogP contribution is -2.36. The van der Waals surface area contributed by atoms with E-state index in [0.29, 0.717) is 34.0 Å². The molecule has 1 fully saturated rings. The van der Waals surface area contributed by atoms with Gasteiger partial charge in [-0.1, -0.05) is 34.8 Å². The molecular weight excluding hydrogens is 397 g/mol. The number of anilines is 3. The summed E-state index contributed by atoms with van der Waals surface area (Å²) < 4.78 is 5.39. The summed E-state index contributed by atoms with van der Waals surface area (Å²) in [7, 11) is 0. The minimum atomic E-state index is -0.220. The van der Waals surface area contributed by atoms with Crippen LogP contribution in [0, 0.1) is 0 Å². The Morgan fingerprint density at radius 2 is 1.69 bits per heavy atom. The second-order valence-electron chi connectivity index (χ2n) is 5.79. The first-order valence-electron chi connectivity index (χ1n) is 8.14. The van der Waals surface area contributed by atoms with Gasteiger partial charge >= 0.3 is 0 Å². The first-order valence-corrected chi connectivity index (χ1v) is 9.27. The molecule has 26 heavy (non-hydrogen) atoms. The van der Waals surface area contributed by atoms with Gasteiger partial charge in [0.15, 0.2) is 0 Å². The molecule has 0 aliphatic carbocycles. The molecule has 2 aromatic carbocycles. The lowest BCUT2D eigenvalue weighted by molar-refractivity contribution is -0.114. The molecule has 5 nitrogen and oxygen atoms in total. The number of benzene rings is 2. The van der Waals surface area contributed by atoms with E-state index in [2.05, 4.69) is 15.5 Å². The third-order valence-electron chi connectivity index (χ3n) is 3.95. The predicted octanol–water partition coefficient (Wildman–Crippen LogP) is 4.53. The fraction of sp³-hybridized carbons (Fsp3) is 0.278. The highest BCUT2D eigenvalue weighted by atomic mass is 35.5. The van der Waals surface area contributed by atoms with Crippen molar-refractivity contribution in [3.8, 4) is 0 Å². The van der Waals surface area contributed by atoms with Crippen molar-refractivity contribution in [2.24, 2.45) is 0 Å². The van der Waals surface area contributed by atoms with Gasteiger partial charge in [-0.3, -0.25) is 4.79 Å². The number of nitrogens with one attached hydrogen (secondary N) is 2. The summed E-state index contributed by atoms with van der Waals surface area (Å²) in [4.78, 5) is 14.5. The quantitative estimate of drug-likeness (QED) is 0.754. The molecule has 1 amide bonds. The van der Waals surface area contributed by atoms with E-state index < -0.39 is 0 Å². The van der Waals surface area contributed by atoms with Gasteiger partial charge < -0.3 is 20.3 Å². The monoisotopic (exact) mass is 413 g/mol. The molecule has 0 atom stereocenters. The average molecular weight is 415 g/mol. The molecule has 138 valence electrons. The van der Waals surface area contributed by atoms with E-state index >= 15 is 0 Å². The number of ether oxygens (including phenoxy) is 1. The van der Waals surface area contributed by atoms with Gasteiger partial charge in [-0.15, -0.1) is 0 Å². The normalized spacial score (nSPS) is 14.2. The Hall–Kier alpha value is -1.66. The standard InChI is InChI=1S/C18H18Cl3N3O2/c19-12-1-3-15(14(21)9-12)23-18(25)11-22-16-10-13(20)2-4-17(16)24-5-7-26-8-6-24/h1-4,9-10,22H,5-8,11H2,(H,23,25). The number of carbonyl (C=O) groups excluding carboxylic acids is 1. The van der Waals surface area contributed by atoms with Gasteiger partial charge in [0.1, 0.15) is 0 Å². The van der Waals surface area contributed by atoms with Gasteiger partial charge in [-0.2, -0.15) is 0 Å². The minimum Gasteiger partial charge on any atom is -0.378 e. The second kappa shape index (κ2) is 8.82. The van der Waals surface area contributed by atoms with Crippen LogP contribution in [0.15, 0.2) is 36.4 Å². The smallest absolute Gasteiger partial charge is 0.243 e. The highest BCUT2D eigenvalue weighted by molar-refractivity contribution is 6.36. The number of hydrogen-bond donors (Lipinski definition) is 2. The van der Waals surface area contributed by atoms with Crippen molar-refractivity contribution >= 4 is 57.8 Å². The van der Waals surface area contributed by atoms with Crippen LogP contribution < -0.4 is 15.5 Å². The van der Waals surface area contributed by atoms with E-state index in [0.717, 1.165) is 24.5 Å². The fourth-order valence-electron chi connectivity index (χ4n) is 2.69. The van der Waals surface area contributed by atoms with Crippen LogP contribution in [0.5, 0.6) is 0 Å². The highest BCUT2D eigenvalue weighted by Gasteiger charge is 2.16. The third-order valence-corrected chi connectivity index (χ3v) is 4.74. The average Bonchev–Trinajstić information content (AvgIpc) is 2.63. The zero-order valence-corrected chi connectivity index (χ0v) is 16.2. The molecule has 2 N–H and O–H groups in total. The van der Waals surface area contributed by atoms with Crippen LogP contribution in [0.25, 0.3) is 0 Å². The maximum absolute atomic E-state index is 12.3. The Kier molecular flexibility index (Phi) is 6.48. The Bertz CT molecular complexity index is 795. The Morgan fingerprint density at radius 3 is 2.42 bits per heavy atom. The molecule has 1 aliphatic heterocycles. The van der Waals surface area contributed by atoms with Crippen LogP contribution in [-0.4, -0.2) is 38.8 Å². The first kappa shape index (κ1) is 19.1. The van der Waals surface area contributed by atoms with Gasteiger partial charge in [-0.05, 0) is 36.4 Å². The molecule has 0 spiro atoms. The molecule has 0 saturated carbocycles. The predicted molar refractivity (Wildman–Crippen MR) is 108 cm³/mol. The lowest BCUT2D eigenvalue weighted by atomic mass is 10.2. The Morgan fingerprint density at radius 1 is 1.00 bits per heavy atom. The molecule has 0 aromatic heterocycles. The summed E-state index contributed by atoms with van der Waals surface area (Å²) >= 11 is 18.1. The maximum Gasteiger partial charge on any atom is 0.243 e. The molecule has 1 saturated heterocycles. The molecule has 1 aliphatic rings. The van der Waals surface area contributed by atoms with Gasteiger partial charge in [-0.25, -0.2) is 0 Å². The molecule has 2 aromatic rings. The lowest BCUT2D eigenvalue weighted by Gasteiger charge is -2.30. The topological polar surface area (TPSA) is 53.6 Å². The van der Waals surface area contributed by atoms with E-state index in [4.69, 9.17) is 39.5 Å².